The lowest BCUT2D eigenvalue weighted by atomic mass is 10.2. The molecule has 0 saturated carbocycles. The van der Waals surface area contributed by atoms with Crippen LogP contribution in [0.3, 0.4) is 0 Å². The van der Waals surface area contributed by atoms with Crippen molar-refractivity contribution in [1.82, 2.24) is 10.3 Å². The van der Waals surface area contributed by atoms with Crippen molar-refractivity contribution in [2.24, 2.45) is 0 Å². The topological polar surface area (TPSA) is 24.9 Å². The van der Waals surface area contributed by atoms with E-state index in [4.69, 9.17) is 0 Å². The summed E-state index contributed by atoms with van der Waals surface area (Å²) in [5.74, 6) is 1.19. The van der Waals surface area contributed by atoms with Crippen LogP contribution in [-0.4, -0.2) is 28.6 Å². The van der Waals surface area contributed by atoms with Crippen molar-refractivity contribution in [2.75, 3.05) is 12.3 Å². The molecule has 0 saturated heterocycles. The van der Waals surface area contributed by atoms with Crippen molar-refractivity contribution in [1.29, 1.82) is 0 Å². The van der Waals surface area contributed by atoms with Crippen LogP contribution >= 0.6 is 23.1 Å². The molecule has 0 aromatic carbocycles. The van der Waals surface area contributed by atoms with E-state index in [1.165, 1.54) is 23.6 Å². The summed E-state index contributed by atoms with van der Waals surface area (Å²) in [6.07, 6.45) is 3.52. The van der Waals surface area contributed by atoms with E-state index < -0.39 is 0 Å². The monoisotopic (exact) mass is 286 g/mol. The molecule has 0 aliphatic heterocycles. The standard InChI is InChI=1S/C14H26N2S2/c1-5-7-15-13(10-17-12(4)6-2)8-14-16-11(3)9-18-14/h9,12-13,15H,5-8,10H2,1-4H3. The molecule has 1 aromatic rings. The second kappa shape index (κ2) is 8.94. The second-order valence-electron chi connectivity index (χ2n) is 4.79. The van der Waals surface area contributed by atoms with E-state index in [0.29, 0.717) is 6.04 Å². The van der Waals surface area contributed by atoms with E-state index in [0.717, 1.165) is 23.9 Å². The zero-order valence-corrected chi connectivity index (χ0v) is 13.7. The third-order valence-corrected chi connectivity index (χ3v) is 5.41. The second-order valence-corrected chi connectivity index (χ2v) is 7.20. The van der Waals surface area contributed by atoms with Gasteiger partial charge >= 0.3 is 0 Å². The molecule has 104 valence electrons. The van der Waals surface area contributed by atoms with Gasteiger partial charge in [-0.3, -0.25) is 0 Å². The quantitative estimate of drug-likeness (QED) is 0.745. The van der Waals surface area contributed by atoms with Crippen molar-refractivity contribution in [3.8, 4) is 0 Å². The Morgan fingerprint density at radius 1 is 1.44 bits per heavy atom. The Labute approximate surface area is 120 Å². The minimum atomic E-state index is 0.564. The number of nitrogens with one attached hydrogen (secondary N) is 1. The Balaban J connectivity index is 2.44. The summed E-state index contributed by atoms with van der Waals surface area (Å²) in [5.41, 5.74) is 1.15. The first-order chi connectivity index (χ1) is 8.65. The fourth-order valence-electron chi connectivity index (χ4n) is 1.64. The molecule has 4 heteroatoms. The van der Waals surface area contributed by atoms with Gasteiger partial charge < -0.3 is 5.32 Å². The van der Waals surface area contributed by atoms with Gasteiger partial charge in [-0.25, -0.2) is 4.98 Å². The first-order valence-electron chi connectivity index (χ1n) is 6.91. The molecule has 2 unspecified atom stereocenters. The molecule has 0 amide bonds. The van der Waals surface area contributed by atoms with Crippen LogP contribution in [0.4, 0.5) is 0 Å². The van der Waals surface area contributed by atoms with Gasteiger partial charge in [0.2, 0.25) is 0 Å². The molecular weight excluding hydrogens is 260 g/mol. The van der Waals surface area contributed by atoms with E-state index in [9.17, 15) is 0 Å². The van der Waals surface area contributed by atoms with E-state index >= 15 is 0 Å². The molecule has 1 N–H and O–H groups in total. The third-order valence-electron chi connectivity index (χ3n) is 2.93. The molecule has 1 rings (SSSR count). The highest BCUT2D eigenvalue weighted by Crippen LogP contribution is 2.18. The van der Waals surface area contributed by atoms with Crippen LogP contribution in [0.25, 0.3) is 0 Å². The smallest absolute Gasteiger partial charge is 0.0943 e. The van der Waals surface area contributed by atoms with Crippen LogP contribution < -0.4 is 5.32 Å². The molecule has 0 spiro atoms. The molecule has 18 heavy (non-hydrogen) atoms. The zero-order valence-electron chi connectivity index (χ0n) is 12.0. The first kappa shape index (κ1) is 16.0. The predicted octanol–water partition coefficient (Wildman–Crippen LogP) is 3.89. The van der Waals surface area contributed by atoms with Crippen molar-refractivity contribution < 1.29 is 0 Å². The van der Waals surface area contributed by atoms with Crippen LogP contribution in [-0.2, 0) is 6.42 Å². The Kier molecular flexibility index (Phi) is 7.95. The molecule has 0 radical (unpaired) electrons. The van der Waals surface area contributed by atoms with E-state index in [2.05, 4.69) is 55.1 Å². The summed E-state index contributed by atoms with van der Waals surface area (Å²) in [6, 6.07) is 0.564. The van der Waals surface area contributed by atoms with Gasteiger partial charge in [0, 0.05) is 34.5 Å². The van der Waals surface area contributed by atoms with Crippen LogP contribution in [0.5, 0.6) is 0 Å². The highest BCUT2D eigenvalue weighted by atomic mass is 32.2. The zero-order chi connectivity index (χ0) is 13.4. The summed E-state index contributed by atoms with van der Waals surface area (Å²) >= 11 is 3.87. The molecule has 0 aliphatic rings. The normalized spacial score (nSPS) is 14.7. The number of thioether (sulfide) groups is 1. The fraction of sp³-hybridized carbons (Fsp3) is 0.786. The molecule has 1 aromatic heterocycles. The van der Waals surface area contributed by atoms with Gasteiger partial charge in [-0.2, -0.15) is 11.8 Å². The van der Waals surface area contributed by atoms with E-state index in [1.54, 1.807) is 11.3 Å². The summed E-state index contributed by atoms with van der Waals surface area (Å²) < 4.78 is 0. The van der Waals surface area contributed by atoms with Crippen molar-refractivity contribution in [3.05, 3.63) is 16.1 Å². The van der Waals surface area contributed by atoms with Crippen LogP contribution in [0, 0.1) is 6.92 Å². The number of nitrogens with zero attached hydrogens (tertiary/aromatic N) is 1. The number of hydrogen-bond acceptors (Lipinski definition) is 4. The van der Waals surface area contributed by atoms with E-state index in [-0.39, 0.29) is 0 Å². The van der Waals surface area contributed by atoms with Gasteiger partial charge in [0.1, 0.15) is 0 Å². The largest absolute Gasteiger partial charge is 0.313 e. The predicted molar refractivity (Wildman–Crippen MR) is 84.8 cm³/mol. The Morgan fingerprint density at radius 2 is 2.22 bits per heavy atom. The van der Waals surface area contributed by atoms with Crippen molar-refractivity contribution in [2.45, 2.75) is 58.2 Å². The average molecular weight is 287 g/mol. The van der Waals surface area contributed by atoms with Gasteiger partial charge in [0.05, 0.1) is 5.01 Å². The van der Waals surface area contributed by atoms with Gasteiger partial charge in [0.25, 0.3) is 0 Å². The molecule has 0 bridgehead atoms. The maximum absolute atomic E-state index is 4.58. The highest BCUT2D eigenvalue weighted by Gasteiger charge is 2.12. The number of rotatable bonds is 9. The summed E-state index contributed by atoms with van der Waals surface area (Å²) in [5, 5.41) is 7.83. The Bertz CT molecular complexity index is 325. The molecule has 0 fully saturated rings. The van der Waals surface area contributed by atoms with Gasteiger partial charge in [-0.1, -0.05) is 20.8 Å². The maximum atomic E-state index is 4.58. The summed E-state index contributed by atoms with van der Waals surface area (Å²) in [6.45, 7) is 9.98. The average Bonchev–Trinajstić information content (AvgIpc) is 2.77. The van der Waals surface area contributed by atoms with Gasteiger partial charge in [0.15, 0.2) is 0 Å². The first-order valence-corrected chi connectivity index (χ1v) is 8.84. The van der Waals surface area contributed by atoms with Gasteiger partial charge in [-0.05, 0) is 26.3 Å². The molecular formula is C14H26N2S2. The van der Waals surface area contributed by atoms with Crippen LogP contribution in [0.1, 0.15) is 44.3 Å². The van der Waals surface area contributed by atoms with E-state index in [1.807, 2.05) is 0 Å². The Morgan fingerprint density at radius 3 is 2.78 bits per heavy atom. The molecule has 1 heterocycles. The molecule has 2 nitrogen and oxygen atoms in total. The minimum absolute atomic E-state index is 0.564. The van der Waals surface area contributed by atoms with Crippen LogP contribution in [0.15, 0.2) is 5.38 Å². The molecule has 2 atom stereocenters. The third kappa shape index (κ3) is 6.21. The SMILES string of the molecule is CCCNC(CSC(C)CC)Cc1nc(C)cs1. The number of aromatic nitrogens is 1. The Hall–Kier alpha value is -0.0600. The van der Waals surface area contributed by atoms with Crippen molar-refractivity contribution >= 4 is 23.1 Å². The lowest BCUT2D eigenvalue weighted by Crippen LogP contribution is -2.34. The minimum Gasteiger partial charge on any atom is -0.313 e. The number of thiazole rings is 1. The highest BCUT2D eigenvalue weighted by molar-refractivity contribution is 7.99. The number of aryl methyl sites for hydroxylation is 1. The summed E-state index contributed by atoms with van der Waals surface area (Å²) in [7, 11) is 0. The number of hydrogen-bond donors (Lipinski definition) is 1. The van der Waals surface area contributed by atoms with Gasteiger partial charge in [-0.15, -0.1) is 11.3 Å². The molecule has 0 aliphatic carbocycles. The van der Waals surface area contributed by atoms with Crippen molar-refractivity contribution in [3.63, 3.8) is 0 Å². The summed E-state index contributed by atoms with van der Waals surface area (Å²) in [4.78, 5) is 4.58. The van der Waals surface area contributed by atoms with Crippen LogP contribution in [0.2, 0.25) is 0 Å². The lowest BCUT2D eigenvalue weighted by Gasteiger charge is -2.19. The lowest BCUT2D eigenvalue weighted by molar-refractivity contribution is 0.548. The fourth-order valence-corrected chi connectivity index (χ4v) is 3.53. The maximum Gasteiger partial charge on any atom is 0.0943 e.